The molecule has 0 saturated carbocycles. The highest BCUT2D eigenvalue weighted by atomic mass is 32.2. The van der Waals surface area contributed by atoms with Crippen LogP contribution < -0.4 is 4.72 Å². The summed E-state index contributed by atoms with van der Waals surface area (Å²) >= 11 is 0. The Hall–Kier alpha value is -1.45. The fraction of sp³-hybridized carbons (Fsp3) is 0.429. The summed E-state index contributed by atoms with van der Waals surface area (Å²) in [5.41, 5.74) is -2.16. The molecule has 1 unspecified atom stereocenters. The third-order valence-electron chi connectivity index (χ3n) is 1.85. The molecule has 1 rings (SSSR count). The molecule has 1 aromatic heterocycles. The molecule has 0 aliphatic heterocycles. The fourth-order valence-electron chi connectivity index (χ4n) is 0.780. The molecule has 0 fully saturated rings. The monoisotopic (exact) mass is 249 g/mol. The normalized spacial score (nSPS) is 15.6. The highest BCUT2D eigenvalue weighted by Crippen LogP contribution is 2.07. The number of sulfonamides is 1. The molecule has 0 bridgehead atoms. The van der Waals surface area contributed by atoms with Crippen LogP contribution in [-0.2, 0) is 14.8 Å². The number of nitrogens with zero attached hydrogens (tertiary/aromatic N) is 1. The zero-order chi connectivity index (χ0) is 12.4. The van der Waals surface area contributed by atoms with Gasteiger partial charge >= 0.3 is 5.97 Å². The number of hydrogen-bond acceptors (Lipinski definition) is 5. The summed E-state index contributed by atoms with van der Waals surface area (Å²) in [5.74, 6) is -1.51. The van der Waals surface area contributed by atoms with Gasteiger partial charge in [-0.3, -0.25) is 5.10 Å². The topological polar surface area (TPSA) is 132 Å². The first-order valence-corrected chi connectivity index (χ1v) is 5.68. The van der Waals surface area contributed by atoms with Gasteiger partial charge in [0.1, 0.15) is 4.90 Å². The van der Waals surface area contributed by atoms with Crippen LogP contribution in [0.5, 0.6) is 0 Å². The van der Waals surface area contributed by atoms with Gasteiger partial charge in [0.15, 0.2) is 5.60 Å². The second-order valence-electron chi connectivity index (χ2n) is 3.34. The molecule has 0 radical (unpaired) electrons. The fourth-order valence-corrected chi connectivity index (χ4v) is 1.82. The standard InChI is InChI=1S/C7H11N3O5S/c1-7(13,6(11)12)4-10-16(14,15)5-2-8-9-3-5/h2-3,10,13H,4H2,1H3,(H,8,9)(H,11,12). The Bertz CT molecular complexity index is 464. The van der Waals surface area contributed by atoms with Gasteiger partial charge in [-0.25, -0.2) is 17.9 Å². The summed E-state index contributed by atoms with van der Waals surface area (Å²) in [6.07, 6.45) is 2.20. The predicted molar refractivity (Wildman–Crippen MR) is 52.0 cm³/mol. The number of hydrogen-bond donors (Lipinski definition) is 4. The number of nitrogens with one attached hydrogen (secondary N) is 2. The van der Waals surface area contributed by atoms with Crippen LogP contribution in [0.3, 0.4) is 0 Å². The van der Waals surface area contributed by atoms with E-state index in [4.69, 9.17) is 5.11 Å². The molecule has 0 aromatic carbocycles. The van der Waals surface area contributed by atoms with E-state index < -0.39 is 28.1 Å². The molecule has 4 N–H and O–H groups in total. The maximum absolute atomic E-state index is 11.5. The van der Waals surface area contributed by atoms with Crippen molar-refractivity contribution < 1.29 is 23.4 Å². The summed E-state index contributed by atoms with van der Waals surface area (Å²) in [7, 11) is -3.85. The molecule has 0 aliphatic rings. The zero-order valence-electron chi connectivity index (χ0n) is 8.34. The van der Waals surface area contributed by atoms with Crippen LogP contribution >= 0.6 is 0 Å². The maximum Gasteiger partial charge on any atom is 0.336 e. The van der Waals surface area contributed by atoms with Crippen LogP contribution in [0.1, 0.15) is 6.92 Å². The van der Waals surface area contributed by atoms with E-state index in [9.17, 15) is 18.3 Å². The van der Waals surface area contributed by atoms with Crippen LogP contribution in [0.15, 0.2) is 17.3 Å². The van der Waals surface area contributed by atoms with E-state index in [0.29, 0.717) is 0 Å². The summed E-state index contributed by atoms with van der Waals surface area (Å²) in [6.45, 7) is 0.364. The Morgan fingerprint density at radius 2 is 2.31 bits per heavy atom. The van der Waals surface area contributed by atoms with Crippen molar-refractivity contribution in [3.05, 3.63) is 12.4 Å². The first-order chi connectivity index (χ1) is 7.26. The minimum atomic E-state index is -3.85. The van der Waals surface area contributed by atoms with E-state index in [1.54, 1.807) is 0 Å². The summed E-state index contributed by atoms with van der Waals surface area (Å²) in [4.78, 5) is 10.4. The number of aromatic amines is 1. The number of aromatic nitrogens is 2. The minimum Gasteiger partial charge on any atom is -0.479 e. The van der Waals surface area contributed by atoms with E-state index in [1.807, 2.05) is 4.72 Å². The number of carboxylic acids is 1. The van der Waals surface area contributed by atoms with Crippen molar-refractivity contribution in [2.75, 3.05) is 6.54 Å². The van der Waals surface area contributed by atoms with Crippen molar-refractivity contribution in [3.8, 4) is 0 Å². The number of aliphatic hydroxyl groups is 1. The van der Waals surface area contributed by atoms with Gasteiger partial charge in [-0.15, -0.1) is 0 Å². The predicted octanol–water partition coefficient (Wildman–Crippen LogP) is -1.48. The molecule has 90 valence electrons. The molecular weight excluding hydrogens is 238 g/mol. The summed E-state index contributed by atoms with van der Waals surface area (Å²) in [6, 6.07) is 0. The number of H-pyrrole nitrogens is 1. The molecule has 9 heteroatoms. The van der Waals surface area contributed by atoms with Crippen LogP contribution in [0.25, 0.3) is 0 Å². The van der Waals surface area contributed by atoms with E-state index in [0.717, 1.165) is 19.3 Å². The smallest absolute Gasteiger partial charge is 0.336 e. The number of carboxylic acid groups (broad SMARTS) is 1. The lowest BCUT2D eigenvalue weighted by Crippen LogP contribution is -2.46. The van der Waals surface area contributed by atoms with Crippen molar-refractivity contribution in [2.45, 2.75) is 17.4 Å². The zero-order valence-corrected chi connectivity index (χ0v) is 9.15. The lowest BCUT2D eigenvalue weighted by molar-refractivity contribution is -0.155. The summed E-state index contributed by atoms with van der Waals surface area (Å²) in [5, 5.41) is 23.6. The first kappa shape index (κ1) is 12.6. The third-order valence-corrected chi connectivity index (χ3v) is 3.22. The van der Waals surface area contributed by atoms with Crippen LogP contribution in [-0.4, -0.2) is 46.9 Å². The lowest BCUT2D eigenvalue weighted by atomic mass is 10.1. The lowest BCUT2D eigenvalue weighted by Gasteiger charge is -2.17. The Morgan fingerprint density at radius 1 is 1.69 bits per heavy atom. The van der Waals surface area contributed by atoms with Crippen molar-refractivity contribution in [1.82, 2.24) is 14.9 Å². The van der Waals surface area contributed by atoms with Crippen molar-refractivity contribution in [2.24, 2.45) is 0 Å². The molecular formula is C7H11N3O5S. The van der Waals surface area contributed by atoms with E-state index >= 15 is 0 Å². The minimum absolute atomic E-state index is 0.131. The average molecular weight is 249 g/mol. The summed E-state index contributed by atoms with van der Waals surface area (Å²) < 4.78 is 24.9. The molecule has 0 spiro atoms. The van der Waals surface area contributed by atoms with Crippen LogP contribution in [0.2, 0.25) is 0 Å². The number of aliphatic carboxylic acids is 1. The van der Waals surface area contributed by atoms with Gasteiger partial charge in [0, 0.05) is 6.20 Å². The average Bonchev–Trinajstić information content (AvgIpc) is 2.68. The molecule has 16 heavy (non-hydrogen) atoms. The van der Waals surface area contributed by atoms with Gasteiger partial charge in [0.2, 0.25) is 10.0 Å². The van der Waals surface area contributed by atoms with Gasteiger partial charge < -0.3 is 10.2 Å². The van der Waals surface area contributed by atoms with Gasteiger partial charge in [0.05, 0.1) is 12.7 Å². The molecule has 0 amide bonds. The molecule has 0 saturated heterocycles. The van der Waals surface area contributed by atoms with E-state index in [1.165, 1.54) is 0 Å². The number of rotatable bonds is 5. The van der Waals surface area contributed by atoms with Gasteiger partial charge in [-0.05, 0) is 6.92 Å². The first-order valence-electron chi connectivity index (χ1n) is 4.20. The van der Waals surface area contributed by atoms with Crippen molar-refractivity contribution in [3.63, 3.8) is 0 Å². The second kappa shape index (κ2) is 4.20. The third kappa shape index (κ3) is 2.78. The molecule has 0 aliphatic carbocycles. The van der Waals surface area contributed by atoms with Crippen molar-refractivity contribution in [1.29, 1.82) is 0 Å². The largest absolute Gasteiger partial charge is 0.479 e. The Labute approximate surface area is 91.3 Å². The Balaban J connectivity index is 2.74. The van der Waals surface area contributed by atoms with Crippen molar-refractivity contribution >= 4 is 16.0 Å². The quantitative estimate of drug-likeness (QED) is 0.503. The SMILES string of the molecule is CC(O)(CNS(=O)(=O)c1cn[nH]c1)C(=O)O. The van der Waals surface area contributed by atoms with Gasteiger partial charge in [0.25, 0.3) is 0 Å². The molecule has 8 nitrogen and oxygen atoms in total. The van der Waals surface area contributed by atoms with Gasteiger partial charge in [-0.1, -0.05) is 0 Å². The van der Waals surface area contributed by atoms with Gasteiger partial charge in [-0.2, -0.15) is 5.10 Å². The molecule has 1 aromatic rings. The van der Waals surface area contributed by atoms with Crippen LogP contribution in [0.4, 0.5) is 0 Å². The van der Waals surface area contributed by atoms with Crippen LogP contribution in [0, 0.1) is 0 Å². The Kier molecular flexibility index (Phi) is 3.31. The maximum atomic E-state index is 11.5. The van der Waals surface area contributed by atoms with E-state index in [2.05, 4.69) is 10.2 Å². The number of carbonyl (C=O) groups is 1. The highest BCUT2D eigenvalue weighted by Gasteiger charge is 2.31. The Morgan fingerprint density at radius 3 is 2.75 bits per heavy atom. The van der Waals surface area contributed by atoms with E-state index in [-0.39, 0.29) is 4.90 Å². The highest BCUT2D eigenvalue weighted by molar-refractivity contribution is 7.89. The molecule has 1 heterocycles. The molecule has 1 atom stereocenters. The second-order valence-corrected chi connectivity index (χ2v) is 5.10.